The predicted octanol–water partition coefficient (Wildman–Crippen LogP) is 2.49. The fourth-order valence-corrected chi connectivity index (χ4v) is 6.65. The maximum absolute atomic E-state index is 14.8. The Labute approximate surface area is 220 Å². The van der Waals surface area contributed by atoms with Crippen LogP contribution >= 0.6 is 11.6 Å². The molecule has 0 aromatic heterocycles. The maximum Gasteiger partial charge on any atom is 0.257 e. The summed E-state index contributed by atoms with van der Waals surface area (Å²) >= 11 is 5.08. The Balaban J connectivity index is 1.27. The number of nitrogens with zero attached hydrogens (tertiary/aromatic N) is 3. The summed E-state index contributed by atoms with van der Waals surface area (Å²) in [5.41, 5.74) is 2.87. The normalized spacial score (nSPS) is 29.6. The molecule has 5 rings (SSSR count). The van der Waals surface area contributed by atoms with Crippen molar-refractivity contribution < 1.29 is 8.94 Å². The van der Waals surface area contributed by atoms with Crippen LogP contribution in [-0.2, 0) is 11.4 Å². The second-order valence-corrected chi connectivity index (χ2v) is 11.8. The molecule has 194 valence electrons. The summed E-state index contributed by atoms with van der Waals surface area (Å²) in [6, 6.07) is 0.0370. The van der Waals surface area contributed by atoms with E-state index in [-0.39, 0.29) is 36.1 Å². The van der Waals surface area contributed by atoms with Gasteiger partial charge >= 0.3 is 0 Å². The van der Waals surface area contributed by atoms with Crippen molar-refractivity contribution in [3.8, 4) is 0 Å². The van der Waals surface area contributed by atoms with Crippen LogP contribution in [-0.4, -0.2) is 65.5 Å². The van der Waals surface area contributed by atoms with Gasteiger partial charge in [0.2, 0.25) is 0 Å². The largest absolute Gasteiger partial charge is 0.592 e. The molecule has 0 radical (unpaired) electrons. The lowest BCUT2D eigenvalue weighted by Crippen LogP contribution is -2.45. The molecule has 1 aliphatic carbocycles. The highest BCUT2D eigenvalue weighted by Gasteiger charge is 2.35. The Hall–Kier alpha value is -2.40. The summed E-state index contributed by atoms with van der Waals surface area (Å²) in [6.07, 6.45) is 9.57. The summed E-state index contributed by atoms with van der Waals surface area (Å²) in [4.78, 5) is 6.61. The molecule has 0 aromatic rings. The minimum absolute atomic E-state index is 0.0370. The molecular weight excluding hydrogens is 501 g/mol. The zero-order valence-corrected chi connectivity index (χ0v) is 22.2. The molecule has 0 aromatic carbocycles. The molecule has 36 heavy (non-hydrogen) atoms. The number of hydrogen-bond acceptors (Lipinski definition) is 8. The van der Waals surface area contributed by atoms with Gasteiger partial charge in [0.25, 0.3) is 5.03 Å². The lowest BCUT2D eigenvalue weighted by atomic mass is 9.77. The molecule has 5 aliphatic rings. The SMILES string of the molecule is C=C1C=C(C2=NC(NC[C@H]3CCCN([S+]([O-])C4=CN(C)CN4)C3)=C(F)CN2)C2=CC(Cl)=CNC2C1C. The summed E-state index contributed by atoms with van der Waals surface area (Å²) < 4.78 is 29.8. The number of fused-ring (bicyclic) bond motifs is 1. The van der Waals surface area contributed by atoms with Crippen molar-refractivity contribution in [2.24, 2.45) is 16.8 Å². The Kier molecular flexibility index (Phi) is 7.39. The first kappa shape index (κ1) is 25.3. The number of halogens is 2. The summed E-state index contributed by atoms with van der Waals surface area (Å²) in [5, 5.41) is 14.2. The minimum atomic E-state index is -1.21. The van der Waals surface area contributed by atoms with Gasteiger partial charge in [0, 0.05) is 44.4 Å². The molecule has 4 atom stereocenters. The highest BCUT2D eigenvalue weighted by molar-refractivity contribution is 7.92. The topological polar surface area (TPSA) is 90.0 Å². The quantitative estimate of drug-likeness (QED) is 0.390. The van der Waals surface area contributed by atoms with Gasteiger partial charge in [0.05, 0.1) is 30.5 Å². The molecule has 3 unspecified atom stereocenters. The molecule has 8 nitrogen and oxygen atoms in total. The number of dihydropyridines is 1. The van der Waals surface area contributed by atoms with Gasteiger partial charge in [-0.2, -0.15) is 0 Å². The van der Waals surface area contributed by atoms with E-state index < -0.39 is 11.4 Å². The van der Waals surface area contributed by atoms with E-state index in [2.05, 4.69) is 39.8 Å². The van der Waals surface area contributed by atoms with E-state index in [1.807, 2.05) is 34.6 Å². The number of hydrogen-bond donors (Lipinski definition) is 4. The average molecular weight is 534 g/mol. The number of nitrogens with one attached hydrogen (secondary N) is 4. The van der Waals surface area contributed by atoms with Crippen LogP contribution in [0.5, 0.6) is 0 Å². The van der Waals surface area contributed by atoms with E-state index in [4.69, 9.17) is 11.6 Å². The van der Waals surface area contributed by atoms with Gasteiger partial charge in [-0.25, -0.2) is 9.38 Å². The van der Waals surface area contributed by atoms with Crippen LogP contribution in [0.15, 0.2) is 74.6 Å². The van der Waals surface area contributed by atoms with Crippen LogP contribution in [0.1, 0.15) is 19.8 Å². The highest BCUT2D eigenvalue weighted by atomic mass is 35.5. The third-order valence-electron chi connectivity index (χ3n) is 7.20. The first-order valence-corrected chi connectivity index (χ1v) is 13.8. The van der Waals surface area contributed by atoms with E-state index in [0.717, 1.165) is 41.1 Å². The van der Waals surface area contributed by atoms with Crippen LogP contribution in [0.25, 0.3) is 0 Å². The van der Waals surface area contributed by atoms with E-state index >= 15 is 0 Å². The monoisotopic (exact) mass is 533 g/mol. The van der Waals surface area contributed by atoms with Crippen LogP contribution in [0.3, 0.4) is 0 Å². The first-order valence-electron chi connectivity index (χ1n) is 12.3. The van der Waals surface area contributed by atoms with E-state index in [1.165, 1.54) is 0 Å². The van der Waals surface area contributed by atoms with Crippen LogP contribution in [0.2, 0.25) is 0 Å². The minimum Gasteiger partial charge on any atom is -0.592 e. The second-order valence-electron chi connectivity index (χ2n) is 9.87. The third kappa shape index (κ3) is 5.18. The van der Waals surface area contributed by atoms with E-state index in [9.17, 15) is 8.94 Å². The van der Waals surface area contributed by atoms with Gasteiger partial charge in [0.15, 0.2) is 11.6 Å². The van der Waals surface area contributed by atoms with Crippen molar-refractivity contribution >= 4 is 28.8 Å². The zero-order chi connectivity index (χ0) is 25.4. The van der Waals surface area contributed by atoms with Crippen molar-refractivity contribution in [3.05, 3.63) is 69.6 Å². The number of rotatable bonds is 6. The number of amidine groups is 1. The van der Waals surface area contributed by atoms with Crippen molar-refractivity contribution in [3.63, 3.8) is 0 Å². The van der Waals surface area contributed by atoms with Gasteiger partial charge in [-0.15, -0.1) is 4.31 Å². The maximum atomic E-state index is 14.8. The van der Waals surface area contributed by atoms with E-state index in [0.29, 0.717) is 30.6 Å². The predicted molar refractivity (Wildman–Crippen MR) is 143 cm³/mol. The molecule has 0 saturated carbocycles. The Morgan fingerprint density at radius 1 is 1.36 bits per heavy atom. The zero-order valence-electron chi connectivity index (χ0n) is 20.6. The van der Waals surface area contributed by atoms with Crippen molar-refractivity contribution in [1.82, 2.24) is 30.5 Å². The van der Waals surface area contributed by atoms with E-state index in [1.54, 1.807) is 6.20 Å². The highest BCUT2D eigenvalue weighted by Crippen LogP contribution is 2.36. The fourth-order valence-electron chi connectivity index (χ4n) is 5.09. The van der Waals surface area contributed by atoms with Crippen molar-refractivity contribution in [1.29, 1.82) is 0 Å². The van der Waals surface area contributed by atoms with Crippen LogP contribution < -0.4 is 21.3 Å². The first-order chi connectivity index (χ1) is 17.3. The summed E-state index contributed by atoms with van der Waals surface area (Å²) in [5.74, 6) is 0.963. The second kappa shape index (κ2) is 10.5. The molecule has 0 bridgehead atoms. The van der Waals surface area contributed by atoms with Gasteiger partial charge in [-0.1, -0.05) is 25.1 Å². The molecule has 4 heterocycles. The molecule has 0 amide bonds. The van der Waals surface area contributed by atoms with Gasteiger partial charge in [0.1, 0.15) is 17.2 Å². The number of piperidine rings is 1. The molecule has 11 heteroatoms. The molecule has 4 aliphatic heterocycles. The number of allylic oxidation sites excluding steroid dienone is 3. The lowest BCUT2D eigenvalue weighted by Gasteiger charge is -2.36. The molecule has 1 saturated heterocycles. The summed E-state index contributed by atoms with van der Waals surface area (Å²) in [6.45, 7) is 9.08. The lowest BCUT2D eigenvalue weighted by molar-refractivity contribution is 0.264. The average Bonchev–Trinajstić information content (AvgIpc) is 3.31. The van der Waals surface area contributed by atoms with Gasteiger partial charge < -0.3 is 30.7 Å². The number of aliphatic imine (C=N–C) groups is 1. The Morgan fingerprint density at radius 3 is 2.97 bits per heavy atom. The Morgan fingerprint density at radius 2 is 2.19 bits per heavy atom. The molecule has 1 fully saturated rings. The van der Waals surface area contributed by atoms with Crippen LogP contribution in [0.4, 0.5) is 4.39 Å². The van der Waals surface area contributed by atoms with Gasteiger partial charge in [-0.3, -0.25) is 0 Å². The molecule has 4 N–H and O–H groups in total. The summed E-state index contributed by atoms with van der Waals surface area (Å²) in [7, 11) is 1.95. The van der Waals surface area contributed by atoms with Crippen LogP contribution in [0, 0.1) is 11.8 Å². The fraction of sp³-hybridized carbons (Fsp3) is 0.480. The molecular formula is C25H33ClFN7OS. The third-order valence-corrected chi connectivity index (χ3v) is 8.85. The van der Waals surface area contributed by atoms with Gasteiger partial charge in [-0.05, 0) is 42.1 Å². The van der Waals surface area contributed by atoms with Crippen molar-refractivity contribution in [2.75, 3.05) is 39.9 Å². The smallest absolute Gasteiger partial charge is 0.257 e. The van der Waals surface area contributed by atoms with Crippen molar-refractivity contribution in [2.45, 2.75) is 25.8 Å². The molecule has 0 spiro atoms. The Bertz CT molecular complexity index is 1110. The standard InChI is InChI=1S/C25H33ClFN7OS/c1-15-7-20(19-8-18(26)10-28-23(19)16(15)2)24-30-11-21(27)25(32-24)29-9-17-5-4-6-34(12-17)36(35)22-13-33(3)14-31-22/h7-8,10,13,16-17,23,28-29,31H,1,4-6,9,11-12,14H2,2-3H3,(H,30,32)/t16?,17-,23?,36?/m1/s1.